The smallest absolute Gasteiger partial charge is 0.293 e. The lowest BCUT2D eigenvalue weighted by Crippen LogP contribution is -2.08. The third-order valence-corrected chi connectivity index (χ3v) is 4.66. The van der Waals surface area contributed by atoms with Crippen molar-refractivity contribution in [3.8, 4) is 0 Å². The van der Waals surface area contributed by atoms with E-state index in [2.05, 4.69) is 49.3 Å². The van der Waals surface area contributed by atoms with Crippen LogP contribution in [0.3, 0.4) is 0 Å². The van der Waals surface area contributed by atoms with E-state index in [0.29, 0.717) is 10.2 Å². The lowest BCUT2D eigenvalue weighted by atomic mass is 10.1. The van der Waals surface area contributed by atoms with Crippen LogP contribution in [0.4, 0.5) is 11.4 Å². The number of aryl methyl sites for hydroxylation is 1. The summed E-state index contributed by atoms with van der Waals surface area (Å²) < 4.78 is 1.77. The van der Waals surface area contributed by atoms with Gasteiger partial charge in [-0.15, -0.1) is 0 Å². The summed E-state index contributed by atoms with van der Waals surface area (Å²) >= 11 is 6.75. The molecule has 1 N–H and O–H groups in total. The van der Waals surface area contributed by atoms with Crippen LogP contribution in [0, 0.1) is 10.1 Å². The topological polar surface area (TPSA) is 55.2 Å². The van der Waals surface area contributed by atoms with Gasteiger partial charge in [0.05, 0.1) is 11.0 Å². The van der Waals surface area contributed by atoms with Crippen molar-refractivity contribution in [3.63, 3.8) is 0 Å². The van der Waals surface area contributed by atoms with E-state index < -0.39 is 0 Å². The molecule has 108 valence electrons. The minimum Gasteiger partial charge on any atom is -0.373 e. The van der Waals surface area contributed by atoms with Gasteiger partial charge in [0.15, 0.2) is 0 Å². The van der Waals surface area contributed by atoms with Gasteiger partial charge in [-0.25, -0.2) is 0 Å². The lowest BCUT2D eigenvalue weighted by molar-refractivity contribution is -0.384. The van der Waals surface area contributed by atoms with Crippen molar-refractivity contribution >= 4 is 43.2 Å². The SMILES string of the molecule is O=[N+]([O-])c1cc(Br)ccc1NC1CCc2cc(Br)ccc21. The molecule has 1 unspecified atom stereocenters. The first-order valence-corrected chi connectivity index (χ1v) is 8.12. The summed E-state index contributed by atoms with van der Waals surface area (Å²) in [7, 11) is 0. The molecule has 0 aromatic heterocycles. The van der Waals surface area contributed by atoms with E-state index in [1.807, 2.05) is 12.1 Å². The molecule has 0 amide bonds. The zero-order valence-corrected chi connectivity index (χ0v) is 14.1. The van der Waals surface area contributed by atoms with E-state index >= 15 is 0 Å². The second-order valence-electron chi connectivity index (χ2n) is 5.00. The fraction of sp³-hybridized carbons (Fsp3) is 0.200. The maximum atomic E-state index is 11.2. The minimum absolute atomic E-state index is 0.0925. The first-order chi connectivity index (χ1) is 10.0. The first-order valence-electron chi connectivity index (χ1n) is 6.53. The Morgan fingerprint density at radius 3 is 2.62 bits per heavy atom. The summed E-state index contributed by atoms with van der Waals surface area (Å²) in [5.74, 6) is 0. The number of halogens is 2. The molecule has 0 bridgehead atoms. The molecule has 3 rings (SSSR count). The molecule has 0 aliphatic heterocycles. The Morgan fingerprint density at radius 2 is 1.86 bits per heavy atom. The number of rotatable bonds is 3. The number of anilines is 1. The number of nitro groups is 1. The van der Waals surface area contributed by atoms with Crippen LogP contribution in [0.15, 0.2) is 45.3 Å². The average Bonchev–Trinajstić information content (AvgIpc) is 2.82. The van der Waals surface area contributed by atoms with Gasteiger partial charge >= 0.3 is 0 Å². The van der Waals surface area contributed by atoms with Gasteiger partial charge in [-0.2, -0.15) is 0 Å². The molecule has 0 heterocycles. The molecule has 1 aliphatic carbocycles. The van der Waals surface area contributed by atoms with Crippen LogP contribution in [0.25, 0.3) is 0 Å². The maximum Gasteiger partial charge on any atom is 0.293 e. The van der Waals surface area contributed by atoms with Gasteiger partial charge in [-0.1, -0.05) is 37.9 Å². The Kier molecular flexibility index (Phi) is 3.99. The maximum absolute atomic E-state index is 11.2. The van der Waals surface area contributed by atoms with Crippen molar-refractivity contribution in [3.05, 3.63) is 66.6 Å². The molecule has 0 fully saturated rings. The largest absolute Gasteiger partial charge is 0.373 e. The molecular weight excluding hydrogens is 400 g/mol. The Bertz CT molecular complexity index is 719. The van der Waals surface area contributed by atoms with E-state index in [0.717, 1.165) is 17.3 Å². The molecule has 6 heteroatoms. The van der Waals surface area contributed by atoms with Crippen molar-refractivity contribution in [2.24, 2.45) is 0 Å². The molecule has 2 aromatic rings. The van der Waals surface area contributed by atoms with Crippen molar-refractivity contribution in [1.82, 2.24) is 0 Å². The van der Waals surface area contributed by atoms with Crippen molar-refractivity contribution in [1.29, 1.82) is 0 Å². The molecule has 21 heavy (non-hydrogen) atoms. The molecule has 2 aromatic carbocycles. The van der Waals surface area contributed by atoms with Gasteiger partial charge in [0, 0.05) is 15.0 Å². The number of hydrogen-bond donors (Lipinski definition) is 1. The fourth-order valence-electron chi connectivity index (χ4n) is 2.70. The standard InChI is InChI=1S/C15H12Br2N2O2/c16-10-2-4-12-9(7-10)1-5-13(12)18-14-6-3-11(17)8-15(14)19(20)21/h2-4,6-8,13,18H,1,5H2. The Balaban J connectivity index is 1.91. The molecular formula is C15H12Br2N2O2. The molecule has 0 saturated carbocycles. The quantitative estimate of drug-likeness (QED) is 0.556. The summed E-state index contributed by atoms with van der Waals surface area (Å²) in [5, 5.41) is 14.5. The molecule has 0 spiro atoms. The van der Waals surface area contributed by atoms with Crippen LogP contribution >= 0.6 is 31.9 Å². The van der Waals surface area contributed by atoms with E-state index in [1.165, 1.54) is 17.2 Å². The van der Waals surface area contributed by atoms with Crippen LogP contribution in [-0.2, 0) is 6.42 Å². The number of hydrogen-bond acceptors (Lipinski definition) is 3. The number of fused-ring (bicyclic) bond motifs is 1. The Labute approximate surface area is 139 Å². The van der Waals surface area contributed by atoms with Gasteiger partial charge in [0.1, 0.15) is 5.69 Å². The number of nitrogens with one attached hydrogen (secondary N) is 1. The molecule has 4 nitrogen and oxygen atoms in total. The summed E-state index contributed by atoms with van der Waals surface area (Å²) in [4.78, 5) is 10.8. The monoisotopic (exact) mass is 410 g/mol. The number of benzene rings is 2. The second kappa shape index (κ2) is 5.77. The normalized spacial score (nSPS) is 16.6. The second-order valence-corrected chi connectivity index (χ2v) is 6.83. The van der Waals surface area contributed by atoms with E-state index in [4.69, 9.17) is 0 Å². The van der Waals surface area contributed by atoms with Crippen molar-refractivity contribution in [2.45, 2.75) is 18.9 Å². The van der Waals surface area contributed by atoms with Gasteiger partial charge < -0.3 is 5.32 Å². The van der Waals surface area contributed by atoms with E-state index in [-0.39, 0.29) is 16.7 Å². The van der Waals surface area contributed by atoms with Gasteiger partial charge in [-0.3, -0.25) is 10.1 Å². The first kappa shape index (κ1) is 14.5. The van der Waals surface area contributed by atoms with Crippen LogP contribution < -0.4 is 5.32 Å². The highest BCUT2D eigenvalue weighted by molar-refractivity contribution is 9.10. The molecule has 1 aliphatic rings. The van der Waals surface area contributed by atoms with E-state index in [1.54, 1.807) is 6.07 Å². The average molecular weight is 412 g/mol. The highest BCUT2D eigenvalue weighted by Crippen LogP contribution is 2.38. The van der Waals surface area contributed by atoms with Gasteiger partial charge in [0.25, 0.3) is 5.69 Å². The van der Waals surface area contributed by atoms with Gasteiger partial charge in [-0.05, 0) is 48.2 Å². The zero-order valence-electron chi connectivity index (χ0n) is 11.0. The van der Waals surface area contributed by atoms with Crippen LogP contribution in [0.5, 0.6) is 0 Å². The van der Waals surface area contributed by atoms with Gasteiger partial charge in [0.2, 0.25) is 0 Å². The Morgan fingerprint density at radius 1 is 1.14 bits per heavy atom. The zero-order chi connectivity index (χ0) is 15.0. The van der Waals surface area contributed by atoms with Crippen LogP contribution in [0.1, 0.15) is 23.6 Å². The predicted octanol–water partition coefficient (Wildman–Crippen LogP) is 5.22. The molecule has 0 saturated heterocycles. The summed E-state index contributed by atoms with van der Waals surface area (Å²) in [6.07, 6.45) is 1.93. The van der Waals surface area contributed by atoms with E-state index in [9.17, 15) is 10.1 Å². The number of nitro benzene ring substituents is 1. The van der Waals surface area contributed by atoms with Crippen LogP contribution in [0.2, 0.25) is 0 Å². The highest BCUT2D eigenvalue weighted by Gasteiger charge is 2.25. The highest BCUT2D eigenvalue weighted by atomic mass is 79.9. The van der Waals surface area contributed by atoms with Crippen molar-refractivity contribution < 1.29 is 4.92 Å². The molecule has 1 atom stereocenters. The lowest BCUT2D eigenvalue weighted by Gasteiger charge is -2.16. The van der Waals surface area contributed by atoms with Crippen molar-refractivity contribution in [2.75, 3.05) is 5.32 Å². The number of nitrogens with zero attached hydrogens (tertiary/aromatic N) is 1. The minimum atomic E-state index is -0.357. The summed E-state index contributed by atoms with van der Waals surface area (Å²) in [6, 6.07) is 11.4. The fourth-order valence-corrected chi connectivity index (χ4v) is 3.46. The van der Waals surface area contributed by atoms with Crippen LogP contribution in [-0.4, -0.2) is 4.92 Å². The molecule has 0 radical (unpaired) electrons. The summed E-state index contributed by atoms with van der Waals surface area (Å²) in [5.41, 5.74) is 3.16. The third-order valence-electron chi connectivity index (χ3n) is 3.67. The predicted molar refractivity (Wildman–Crippen MR) is 89.6 cm³/mol. The third kappa shape index (κ3) is 2.96. The summed E-state index contributed by atoms with van der Waals surface area (Å²) in [6.45, 7) is 0. The Hall–Kier alpha value is -1.40.